The Balaban J connectivity index is 1.87. The van der Waals surface area contributed by atoms with Gasteiger partial charge in [0.15, 0.2) is 5.78 Å². The Hall–Kier alpha value is -3.21. The van der Waals surface area contributed by atoms with Crippen molar-refractivity contribution in [2.45, 2.75) is 6.42 Å². The molecule has 3 rings (SSSR count). The second-order valence-electron chi connectivity index (χ2n) is 5.94. The number of allylic oxidation sites excluding steroid dienone is 2. The molecule has 5 heteroatoms. The zero-order valence-electron chi connectivity index (χ0n) is 13.9. The topological polar surface area (TPSA) is 63.5 Å². The van der Waals surface area contributed by atoms with Crippen LogP contribution in [-0.2, 0) is 0 Å². The summed E-state index contributed by atoms with van der Waals surface area (Å²) in [6.45, 7) is 0.833. The smallest absolute Gasteiger partial charge is 0.269 e. The van der Waals surface area contributed by atoms with Crippen LogP contribution >= 0.6 is 0 Å². The lowest BCUT2D eigenvalue weighted by molar-refractivity contribution is -0.384. The first-order valence-electron chi connectivity index (χ1n) is 8.02. The van der Waals surface area contributed by atoms with E-state index < -0.39 is 4.92 Å². The lowest BCUT2D eigenvalue weighted by atomic mass is 9.97. The molecule has 2 aromatic carbocycles. The molecular weight excluding hydrogens is 316 g/mol. The molecule has 1 aliphatic rings. The standard InChI is InChI=1S/C20H18N2O3/c1-21-12-11-17(15-5-3-2-4-6-15)13-19(21)14-20(23)16-7-9-18(10-8-16)22(24)25/h2-10,13-14H,11-12H2,1H3/b19-14+. The average molecular weight is 334 g/mol. The van der Waals surface area contributed by atoms with Crippen LogP contribution in [-0.4, -0.2) is 29.2 Å². The molecule has 0 fully saturated rings. The summed E-state index contributed by atoms with van der Waals surface area (Å²) in [7, 11) is 1.95. The van der Waals surface area contributed by atoms with E-state index in [1.807, 2.05) is 36.2 Å². The lowest BCUT2D eigenvalue weighted by Gasteiger charge is -2.27. The van der Waals surface area contributed by atoms with Crippen LogP contribution in [0.5, 0.6) is 0 Å². The van der Waals surface area contributed by atoms with E-state index >= 15 is 0 Å². The second-order valence-corrected chi connectivity index (χ2v) is 5.94. The van der Waals surface area contributed by atoms with Gasteiger partial charge in [-0.2, -0.15) is 0 Å². The lowest BCUT2D eigenvalue weighted by Crippen LogP contribution is -2.23. The number of hydrogen-bond acceptors (Lipinski definition) is 4. The third-order valence-corrected chi connectivity index (χ3v) is 4.27. The quantitative estimate of drug-likeness (QED) is 0.366. The van der Waals surface area contributed by atoms with Gasteiger partial charge in [0.25, 0.3) is 5.69 Å². The predicted molar refractivity (Wildman–Crippen MR) is 97.2 cm³/mol. The zero-order valence-corrected chi connectivity index (χ0v) is 13.9. The minimum absolute atomic E-state index is 0.0229. The van der Waals surface area contributed by atoms with E-state index in [1.165, 1.54) is 29.8 Å². The monoisotopic (exact) mass is 334 g/mol. The normalized spacial score (nSPS) is 15.8. The van der Waals surface area contributed by atoms with Crippen molar-refractivity contribution in [1.82, 2.24) is 4.90 Å². The second kappa shape index (κ2) is 7.13. The summed E-state index contributed by atoms with van der Waals surface area (Å²) in [6.07, 6.45) is 4.54. The minimum atomic E-state index is -0.476. The Kier molecular flexibility index (Phi) is 4.75. The van der Waals surface area contributed by atoms with Crippen LogP contribution in [0.1, 0.15) is 22.3 Å². The highest BCUT2D eigenvalue weighted by Gasteiger charge is 2.15. The van der Waals surface area contributed by atoms with E-state index in [2.05, 4.69) is 12.1 Å². The number of benzene rings is 2. The van der Waals surface area contributed by atoms with Crippen molar-refractivity contribution >= 4 is 17.0 Å². The molecule has 0 unspecified atom stereocenters. The Morgan fingerprint density at radius 2 is 1.80 bits per heavy atom. The van der Waals surface area contributed by atoms with Crippen molar-refractivity contribution in [3.63, 3.8) is 0 Å². The van der Waals surface area contributed by atoms with Crippen molar-refractivity contribution < 1.29 is 9.72 Å². The van der Waals surface area contributed by atoms with Crippen LogP contribution < -0.4 is 0 Å². The van der Waals surface area contributed by atoms with Crippen molar-refractivity contribution in [2.75, 3.05) is 13.6 Å². The van der Waals surface area contributed by atoms with Gasteiger partial charge in [0.1, 0.15) is 0 Å². The maximum Gasteiger partial charge on any atom is 0.269 e. The molecule has 0 bridgehead atoms. The Morgan fingerprint density at radius 3 is 2.44 bits per heavy atom. The van der Waals surface area contributed by atoms with Gasteiger partial charge in [-0.05, 0) is 35.8 Å². The summed E-state index contributed by atoms with van der Waals surface area (Å²) >= 11 is 0. The highest BCUT2D eigenvalue weighted by Crippen LogP contribution is 2.26. The molecule has 25 heavy (non-hydrogen) atoms. The maximum absolute atomic E-state index is 12.5. The van der Waals surface area contributed by atoms with E-state index in [9.17, 15) is 14.9 Å². The Labute approximate surface area is 146 Å². The van der Waals surface area contributed by atoms with Gasteiger partial charge in [0, 0.05) is 43.1 Å². The molecule has 0 saturated carbocycles. The van der Waals surface area contributed by atoms with Crippen molar-refractivity contribution in [1.29, 1.82) is 0 Å². The minimum Gasteiger partial charge on any atom is -0.374 e. The summed E-state index contributed by atoms with van der Waals surface area (Å²) in [5.74, 6) is -0.165. The largest absolute Gasteiger partial charge is 0.374 e. The van der Waals surface area contributed by atoms with E-state index in [4.69, 9.17) is 0 Å². The number of ketones is 1. The number of carbonyl (C=O) groups excluding carboxylic acids is 1. The average Bonchev–Trinajstić information content (AvgIpc) is 2.64. The van der Waals surface area contributed by atoms with E-state index in [0.717, 1.165) is 24.2 Å². The number of rotatable bonds is 4. The van der Waals surface area contributed by atoms with Gasteiger partial charge in [0.2, 0.25) is 0 Å². The summed E-state index contributed by atoms with van der Waals surface area (Å²) < 4.78 is 0. The molecule has 0 atom stereocenters. The number of carbonyl (C=O) groups is 1. The predicted octanol–water partition coefficient (Wildman–Crippen LogP) is 4.08. The van der Waals surface area contributed by atoms with Crippen LogP contribution in [0.3, 0.4) is 0 Å². The molecule has 0 N–H and O–H groups in total. The molecule has 2 aromatic rings. The van der Waals surface area contributed by atoms with Gasteiger partial charge < -0.3 is 4.90 Å². The Morgan fingerprint density at radius 1 is 1.12 bits per heavy atom. The molecule has 0 aliphatic carbocycles. The molecule has 0 spiro atoms. The van der Waals surface area contributed by atoms with Crippen molar-refractivity contribution in [3.05, 3.63) is 93.7 Å². The van der Waals surface area contributed by atoms with Crippen LogP contribution in [0, 0.1) is 10.1 Å². The summed E-state index contributed by atoms with van der Waals surface area (Å²) in [5, 5.41) is 10.7. The number of non-ortho nitro benzene ring substituents is 1. The number of nitro benzene ring substituents is 1. The van der Waals surface area contributed by atoms with Gasteiger partial charge in [0.05, 0.1) is 4.92 Å². The number of hydrogen-bond donors (Lipinski definition) is 0. The molecular formula is C20H18N2O3. The third kappa shape index (κ3) is 3.83. The number of nitro groups is 1. The molecule has 5 nitrogen and oxygen atoms in total. The highest BCUT2D eigenvalue weighted by molar-refractivity contribution is 6.05. The molecule has 0 radical (unpaired) electrons. The van der Waals surface area contributed by atoms with Crippen molar-refractivity contribution in [3.8, 4) is 0 Å². The van der Waals surface area contributed by atoms with E-state index in [0.29, 0.717) is 5.56 Å². The molecule has 1 heterocycles. The highest BCUT2D eigenvalue weighted by atomic mass is 16.6. The van der Waals surface area contributed by atoms with Crippen LogP contribution in [0.15, 0.2) is 72.4 Å². The van der Waals surface area contributed by atoms with Crippen LogP contribution in [0.25, 0.3) is 5.57 Å². The zero-order chi connectivity index (χ0) is 17.8. The molecule has 0 aromatic heterocycles. The maximum atomic E-state index is 12.5. The summed E-state index contributed by atoms with van der Waals surface area (Å²) in [5.41, 5.74) is 3.61. The number of nitrogens with zero attached hydrogens (tertiary/aromatic N) is 2. The fourth-order valence-corrected chi connectivity index (χ4v) is 2.77. The summed E-state index contributed by atoms with van der Waals surface area (Å²) in [6, 6.07) is 15.8. The van der Waals surface area contributed by atoms with Crippen LogP contribution in [0.4, 0.5) is 5.69 Å². The molecule has 1 aliphatic heterocycles. The van der Waals surface area contributed by atoms with Gasteiger partial charge in [-0.1, -0.05) is 30.3 Å². The first-order valence-corrected chi connectivity index (χ1v) is 8.02. The van der Waals surface area contributed by atoms with Crippen molar-refractivity contribution in [2.24, 2.45) is 0 Å². The van der Waals surface area contributed by atoms with Gasteiger partial charge in [-0.25, -0.2) is 0 Å². The molecule has 0 saturated heterocycles. The van der Waals surface area contributed by atoms with Gasteiger partial charge in [-0.15, -0.1) is 0 Å². The van der Waals surface area contributed by atoms with E-state index in [1.54, 1.807) is 6.08 Å². The van der Waals surface area contributed by atoms with Gasteiger partial charge >= 0.3 is 0 Å². The van der Waals surface area contributed by atoms with Crippen LogP contribution in [0.2, 0.25) is 0 Å². The fraction of sp³-hybridized carbons (Fsp3) is 0.150. The first-order chi connectivity index (χ1) is 12.0. The number of likely N-dealkylation sites (N-methyl/N-ethyl adjacent to an activating group) is 1. The van der Waals surface area contributed by atoms with E-state index in [-0.39, 0.29) is 11.5 Å². The molecule has 0 amide bonds. The third-order valence-electron chi connectivity index (χ3n) is 4.27. The SMILES string of the molecule is CN1CCC(c2ccccc2)=C/C1=C\C(=O)c1ccc([N+](=O)[O-])cc1. The Bertz CT molecular complexity index is 852. The molecule has 126 valence electrons. The first kappa shape index (κ1) is 16.6. The summed E-state index contributed by atoms with van der Waals surface area (Å²) in [4.78, 5) is 24.7. The van der Waals surface area contributed by atoms with Gasteiger partial charge in [-0.3, -0.25) is 14.9 Å². The fourth-order valence-electron chi connectivity index (χ4n) is 2.77.